The molecule has 150 valence electrons. The van der Waals surface area contributed by atoms with Crippen LogP contribution in [0.4, 0.5) is 23.2 Å². The van der Waals surface area contributed by atoms with Gasteiger partial charge >= 0.3 is 6.18 Å². The molecule has 0 spiro atoms. The molecule has 0 amide bonds. The molecule has 0 saturated carbocycles. The number of hydrogen-bond acceptors (Lipinski definition) is 2. The van der Waals surface area contributed by atoms with Gasteiger partial charge in [0.1, 0.15) is 5.82 Å². The van der Waals surface area contributed by atoms with E-state index in [1.807, 2.05) is 27.7 Å². The second-order valence-electron chi connectivity index (χ2n) is 5.25. The van der Waals surface area contributed by atoms with Crippen molar-refractivity contribution >= 4 is 5.69 Å². The maximum atomic E-state index is 13.4. The second kappa shape index (κ2) is 12.0. The van der Waals surface area contributed by atoms with Crippen LogP contribution >= 0.6 is 0 Å². The van der Waals surface area contributed by atoms with E-state index in [0.717, 1.165) is 29.1 Å². The van der Waals surface area contributed by atoms with Crippen LogP contribution in [-0.4, -0.2) is 0 Å². The summed E-state index contributed by atoms with van der Waals surface area (Å²) >= 11 is 0. The molecule has 0 aliphatic rings. The summed E-state index contributed by atoms with van der Waals surface area (Å²) in [6.45, 7) is 13.5. The van der Waals surface area contributed by atoms with Crippen LogP contribution in [0.3, 0.4) is 0 Å². The predicted molar refractivity (Wildman–Crippen MR) is 105 cm³/mol. The molecule has 6 heteroatoms. The van der Waals surface area contributed by atoms with Gasteiger partial charge < -0.3 is 10.9 Å². The molecule has 0 heterocycles. The monoisotopic (exact) mass is 384 g/mol. The van der Waals surface area contributed by atoms with Crippen molar-refractivity contribution in [2.24, 2.45) is 0 Å². The molecule has 0 atom stereocenters. The van der Waals surface area contributed by atoms with Gasteiger partial charge in [-0.3, -0.25) is 0 Å². The molecule has 2 aromatic rings. The molecule has 0 radical (unpaired) electrons. The largest absolute Gasteiger partial charge is 0.416 e. The summed E-state index contributed by atoms with van der Waals surface area (Å²) in [5, 5.41) is 0. The molecule has 2 rings (SSSR count). The zero-order chi connectivity index (χ0) is 21.0. The van der Waals surface area contributed by atoms with Crippen molar-refractivity contribution in [2.75, 3.05) is 5.43 Å². The van der Waals surface area contributed by atoms with Crippen LogP contribution in [0.5, 0.6) is 0 Å². The van der Waals surface area contributed by atoms with E-state index < -0.39 is 17.6 Å². The van der Waals surface area contributed by atoms with Crippen LogP contribution in [0.25, 0.3) is 0 Å². The lowest BCUT2D eigenvalue weighted by molar-refractivity contribution is -0.137. The van der Waals surface area contributed by atoms with E-state index in [9.17, 15) is 17.6 Å². The lowest BCUT2D eigenvalue weighted by Crippen LogP contribution is -2.18. The van der Waals surface area contributed by atoms with E-state index in [1.165, 1.54) is 0 Å². The first kappa shape index (κ1) is 24.5. The number of allylic oxidation sites excluding steroid dienone is 1. The van der Waals surface area contributed by atoms with Gasteiger partial charge in [0.15, 0.2) is 0 Å². The van der Waals surface area contributed by atoms with Crippen molar-refractivity contribution in [3.63, 3.8) is 0 Å². The number of halogens is 4. The highest BCUT2D eigenvalue weighted by Crippen LogP contribution is 2.31. The topological polar surface area (TPSA) is 24.1 Å². The lowest BCUT2D eigenvalue weighted by Gasteiger charge is -2.12. The summed E-state index contributed by atoms with van der Waals surface area (Å²) in [6, 6.07) is 9.68. The fraction of sp³-hybridized carbons (Fsp3) is 0.333. The van der Waals surface area contributed by atoms with Crippen molar-refractivity contribution in [1.82, 2.24) is 5.43 Å². The Bertz CT molecular complexity index is 710. The molecular formula is C21H28F4N2. The predicted octanol–water partition coefficient (Wildman–Crippen LogP) is 6.94. The van der Waals surface area contributed by atoms with Crippen LogP contribution in [-0.2, 0) is 12.6 Å². The number of alkyl halides is 3. The first-order chi connectivity index (χ1) is 12.7. The van der Waals surface area contributed by atoms with Gasteiger partial charge in [-0.05, 0) is 54.8 Å². The Balaban J connectivity index is 0.00000158. The third kappa shape index (κ3) is 9.13. The molecule has 2 nitrogen and oxygen atoms in total. The Morgan fingerprint density at radius 3 is 2.15 bits per heavy atom. The van der Waals surface area contributed by atoms with Gasteiger partial charge in [0.25, 0.3) is 0 Å². The van der Waals surface area contributed by atoms with E-state index in [2.05, 4.69) is 17.4 Å². The zero-order valence-electron chi connectivity index (χ0n) is 16.5. The Kier molecular flexibility index (Phi) is 10.9. The smallest absolute Gasteiger partial charge is 0.306 e. The summed E-state index contributed by atoms with van der Waals surface area (Å²) < 4.78 is 51.6. The molecule has 0 aliphatic heterocycles. The van der Waals surface area contributed by atoms with Gasteiger partial charge in [-0.2, -0.15) is 13.2 Å². The third-order valence-corrected chi connectivity index (χ3v) is 3.04. The molecule has 0 fully saturated rings. The van der Waals surface area contributed by atoms with Gasteiger partial charge in [-0.15, -0.1) is 0 Å². The third-order valence-electron chi connectivity index (χ3n) is 3.04. The fourth-order valence-corrected chi connectivity index (χ4v) is 2.09. The summed E-state index contributed by atoms with van der Waals surface area (Å²) in [7, 11) is 0. The molecular weight excluding hydrogens is 356 g/mol. The minimum atomic E-state index is -4.56. The highest BCUT2D eigenvalue weighted by atomic mass is 19.4. The zero-order valence-corrected chi connectivity index (χ0v) is 16.5. The maximum absolute atomic E-state index is 13.4. The van der Waals surface area contributed by atoms with E-state index in [-0.39, 0.29) is 12.0 Å². The van der Waals surface area contributed by atoms with Crippen LogP contribution in [0.1, 0.15) is 51.3 Å². The van der Waals surface area contributed by atoms with Crippen molar-refractivity contribution in [3.05, 3.63) is 77.2 Å². The van der Waals surface area contributed by atoms with Gasteiger partial charge in [-0.25, -0.2) is 4.39 Å². The Morgan fingerprint density at radius 2 is 1.59 bits per heavy atom. The van der Waals surface area contributed by atoms with Gasteiger partial charge in [0.2, 0.25) is 0 Å². The summed E-state index contributed by atoms with van der Waals surface area (Å²) in [6.07, 6.45) is -4.37. The average molecular weight is 384 g/mol. The van der Waals surface area contributed by atoms with E-state index in [0.29, 0.717) is 6.07 Å². The summed E-state index contributed by atoms with van der Waals surface area (Å²) in [5.41, 5.74) is 7.25. The Hall–Kier alpha value is -2.50. The van der Waals surface area contributed by atoms with Crippen LogP contribution in [0, 0.1) is 5.82 Å². The van der Waals surface area contributed by atoms with E-state index in [1.54, 1.807) is 31.2 Å². The number of rotatable bonds is 5. The molecule has 27 heavy (non-hydrogen) atoms. The van der Waals surface area contributed by atoms with E-state index in [4.69, 9.17) is 0 Å². The molecule has 0 unspecified atom stereocenters. The summed E-state index contributed by atoms with van der Waals surface area (Å²) in [4.78, 5) is 0. The number of hydrogen-bond donors (Lipinski definition) is 2. The quantitative estimate of drug-likeness (QED) is 0.431. The minimum Gasteiger partial charge on any atom is -0.306 e. The van der Waals surface area contributed by atoms with Crippen molar-refractivity contribution < 1.29 is 17.6 Å². The SMILES string of the molecule is C=C(C)NNc1cccc(Cc2cc(F)cc(C(F)(F)F)c2)c1.CC.CC. The van der Waals surface area contributed by atoms with E-state index >= 15 is 0 Å². The van der Waals surface area contributed by atoms with Crippen molar-refractivity contribution in [1.29, 1.82) is 0 Å². The molecule has 2 N–H and O–H groups in total. The molecule has 0 aromatic heterocycles. The normalized spacial score (nSPS) is 9.96. The van der Waals surface area contributed by atoms with Gasteiger partial charge in [0.05, 0.1) is 11.3 Å². The van der Waals surface area contributed by atoms with Crippen molar-refractivity contribution in [3.8, 4) is 0 Å². The number of anilines is 1. The lowest BCUT2D eigenvalue weighted by atomic mass is 10.0. The fourth-order valence-electron chi connectivity index (χ4n) is 2.09. The Morgan fingerprint density at radius 1 is 0.963 bits per heavy atom. The average Bonchev–Trinajstić information content (AvgIpc) is 2.62. The van der Waals surface area contributed by atoms with Gasteiger partial charge in [-0.1, -0.05) is 46.4 Å². The molecule has 2 aromatic carbocycles. The van der Waals surface area contributed by atoms with Gasteiger partial charge in [0, 0.05) is 5.70 Å². The summed E-state index contributed by atoms with van der Waals surface area (Å²) in [5.74, 6) is -0.895. The van der Waals surface area contributed by atoms with Crippen LogP contribution < -0.4 is 10.9 Å². The number of hydrazine groups is 1. The highest BCUT2D eigenvalue weighted by molar-refractivity contribution is 5.46. The molecule has 0 saturated heterocycles. The first-order valence-electron chi connectivity index (χ1n) is 8.87. The van der Waals surface area contributed by atoms with Crippen LogP contribution in [0.15, 0.2) is 54.7 Å². The first-order valence-corrected chi connectivity index (χ1v) is 8.87. The molecule has 0 aliphatic carbocycles. The van der Waals surface area contributed by atoms with Crippen molar-refractivity contribution in [2.45, 2.75) is 47.2 Å². The highest BCUT2D eigenvalue weighted by Gasteiger charge is 2.31. The number of benzene rings is 2. The Labute approximate surface area is 159 Å². The second-order valence-corrected chi connectivity index (χ2v) is 5.25. The maximum Gasteiger partial charge on any atom is 0.416 e. The standard InChI is InChI=1S/C17H16F4N2.2C2H6/c1-11(2)22-23-16-5-3-4-12(9-16)6-13-7-14(17(19,20)21)10-15(18)8-13;2*1-2/h3-5,7-10,22-23H,1,6H2,2H3;2*1-2H3. The molecule has 0 bridgehead atoms. The van der Waals surface area contributed by atoms with Crippen LogP contribution in [0.2, 0.25) is 0 Å². The number of nitrogens with one attached hydrogen (secondary N) is 2. The minimum absolute atomic E-state index is 0.198.